The highest BCUT2D eigenvalue weighted by atomic mass is 16.5. The van der Waals surface area contributed by atoms with Crippen molar-refractivity contribution in [2.75, 3.05) is 0 Å². The van der Waals surface area contributed by atoms with E-state index in [1.807, 2.05) is 42.5 Å². The molecule has 2 aromatic rings. The summed E-state index contributed by atoms with van der Waals surface area (Å²) < 4.78 is 5.45. The largest absolute Gasteiger partial charge is 0.431 e. The normalized spacial score (nSPS) is 20.9. The molecule has 0 N–H and O–H groups in total. The lowest BCUT2D eigenvalue weighted by Gasteiger charge is -2.07. The summed E-state index contributed by atoms with van der Waals surface area (Å²) in [6.45, 7) is 1.46. The van der Waals surface area contributed by atoms with Crippen molar-refractivity contribution in [1.29, 1.82) is 0 Å². The maximum absolute atomic E-state index is 11.4. The smallest absolute Gasteiger partial charge is 0.307 e. The second kappa shape index (κ2) is 5.96. The summed E-state index contributed by atoms with van der Waals surface area (Å²) in [5.41, 5.74) is 2.38. The number of carbonyl (C=O) groups excluding carboxylic acids is 1. The summed E-state index contributed by atoms with van der Waals surface area (Å²) in [6.07, 6.45) is 3.02. The topological polar surface area (TPSA) is 26.3 Å². The average molecular weight is 278 g/mol. The molecule has 0 aromatic heterocycles. The van der Waals surface area contributed by atoms with E-state index in [0.717, 1.165) is 17.7 Å². The predicted octanol–water partition coefficient (Wildman–Crippen LogP) is 4.39. The van der Waals surface area contributed by atoms with Crippen LogP contribution in [0.5, 0.6) is 0 Å². The van der Waals surface area contributed by atoms with Gasteiger partial charge in [-0.1, -0.05) is 60.7 Å². The van der Waals surface area contributed by atoms with Gasteiger partial charge in [-0.15, -0.1) is 0 Å². The van der Waals surface area contributed by atoms with Crippen molar-refractivity contribution >= 4 is 12.0 Å². The first-order valence-corrected chi connectivity index (χ1v) is 7.24. The van der Waals surface area contributed by atoms with Crippen molar-refractivity contribution < 1.29 is 9.53 Å². The highest BCUT2D eigenvalue weighted by Gasteiger charge is 2.42. The second-order valence-corrected chi connectivity index (χ2v) is 5.41. The van der Waals surface area contributed by atoms with Gasteiger partial charge in [-0.25, -0.2) is 0 Å². The van der Waals surface area contributed by atoms with Gasteiger partial charge >= 0.3 is 5.97 Å². The molecule has 3 rings (SSSR count). The third-order valence-corrected chi connectivity index (χ3v) is 3.75. The molecule has 0 aliphatic heterocycles. The van der Waals surface area contributed by atoms with Gasteiger partial charge in [0.15, 0.2) is 0 Å². The lowest BCUT2D eigenvalue weighted by Crippen LogP contribution is -2.01. The number of rotatable bonds is 4. The number of esters is 1. The number of benzene rings is 2. The van der Waals surface area contributed by atoms with Crippen LogP contribution < -0.4 is 0 Å². The van der Waals surface area contributed by atoms with Crippen LogP contribution >= 0.6 is 0 Å². The fourth-order valence-corrected chi connectivity index (χ4v) is 2.67. The van der Waals surface area contributed by atoms with Crippen LogP contribution in [0.15, 0.2) is 66.4 Å². The maximum Gasteiger partial charge on any atom is 0.307 e. The first kappa shape index (κ1) is 13.6. The van der Waals surface area contributed by atoms with Gasteiger partial charge in [-0.3, -0.25) is 4.79 Å². The number of ether oxygens (including phenoxy) is 1. The van der Waals surface area contributed by atoms with Crippen molar-refractivity contribution in [3.63, 3.8) is 0 Å². The summed E-state index contributed by atoms with van der Waals surface area (Å²) in [5, 5.41) is 0. The van der Waals surface area contributed by atoms with Crippen LogP contribution in [0, 0.1) is 5.92 Å². The number of allylic oxidation sites excluding steroid dienone is 1. The molecule has 1 fully saturated rings. The molecular weight excluding hydrogens is 260 g/mol. The molecule has 0 spiro atoms. The van der Waals surface area contributed by atoms with Crippen molar-refractivity contribution in [3.05, 3.63) is 77.5 Å². The Balaban J connectivity index is 1.82. The van der Waals surface area contributed by atoms with E-state index in [1.54, 1.807) is 0 Å². The third kappa shape index (κ3) is 3.40. The number of carbonyl (C=O) groups is 1. The van der Waals surface area contributed by atoms with Gasteiger partial charge in [-0.05, 0) is 29.5 Å². The van der Waals surface area contributed by atoms with Gasteiger partial charge in [0, 0.05) is 12.8 Å². The molecule has 0 amide bonds. The molecule has 106 valence electrons. The predicted molar refractivity (Wildman–Crippen MR) is 83.5 cm³/mol. The molecule has 0 heterocycles. The zero-order valence-corrected chi connectivity index (χ0v) is 12.0. The molecule has 2 nitrogen and oxygen atoms in total. The molecule has 2 aromatic carbocycles. The standard InChI is InChI=1S/C19H18O2/c1-14(20)21-19(12-15-8-4-2-5-9-15)18-13-17(18)16-10-6-3-7-11-16/h2-12,17-18H,13H2,1H3/b19-12+/t17-,18-/m1/s1. The molecule has 0 bridgehead atoms. The van der Waals surface area contributed by atoms with E-state index in [2.05, 4.69) is 24.3 Å². The van der Waals surface area contributed by atoms with Gasteiger partial charge in [0.2, 0.25) is 0 Å². The van der Waals surface area contributed by atoms with E-state index in [-0.39, 0.29) is 5.97 Å². The van der Waals surface area contributed by atoms with Crippen molar-refractivity contribution in [1.82, 2.24) is 0 Å². The minimum absolute atomic E-state index is 0.254. The molecular formula is C19H18O2. The highest BCUT2D eigenvalue weighted by molar-refractivity contribution is 5.69. The molecule has 1 aliphatic rings. The van der Waals surface area contributed by atoms with E-state index in [9.17, 15) is 4.79 Å². The SMILES string of the molecule is CC(=O)O/C(=C/c1ccccc1)[C@@H]1C[C@@H]1c1ccccc1. The van der Waals surface area contributed by atoms with Crippen molar-refractivity contribution in [3.8, 4) is 0 Å². The first-order valence-electron chi connectivity index (χ1n) is 7.24. The Labute approximate surface area is 125 Å². The van der Waals surface area contributed by atoms with E-state index >= 15 is 0 Å². The average Bonchev–Trinajstić information content (AvgIpc) is 3.29. The number of hydrogen-bond donors (Lipinski definition) is 0. The Morgan fingerprint density at radius 2 is 1.67 bits per heavy atom. The van der Waals surface area contributed by atoms with Gasteiger partial charge < -0.3 is 4.74 Å². The van der Waals surface area contributed by atoms with Crippen LogP contribution in [0.4, 0.5) is 0 Å². The zero-order valence-electron chi connectivity index (χ0n) is 12.0. The molecule has 1 saturated carbocycles. The van der Waals surface area contributed by atoms with Crippen molar-refractivity contribution in [2.24, 2.45) is 5.92 Å². The van der Waals surface area contributed by atoms with Crippen LogP contribution in [0.2, 0.25) is 0 Å². The van der Waals surface area contributed by atoms with Crippen LogP contribution in [0.25, 0.3) is 6.08 Å². The Bertz CT molecular complexity index is 644. The molecule has 2 atom stereocenters. The Hall–Kier alpha value is -2.35. The second-order valence-electron chi connectivity index (χ2n) is 5.41. The van der Waals surface area contributed by atoms with Crippen LogP contribution in [0.1, 0.15) is 30.4 Å². The number of hydrogen-bond acceptors (Lipinski definition) is 2. The Morgan fingerprint density at radius 3 is 2.29 bits per heavy atom. The Kier molecular flexibility index (Phi) is 3.87. The summed E-state index contributed by atoms with van der Waals surface area (Å²) in [5.74, 6) is 1.29. The fraction of sp³-hybridized carbons (Fsp3) is 0.211. The van der Waals surface area contributed by atoms with Gasteiger partial charge in [0.25, 0.3) is 0 Å². The van der Waals surface area contributed by atoms with E-state index in [0.29, 0.717) is 11.8 Å². The van der Waals surface area contributed by atoms with Crippen LogP contribution in [-0.4, -0.2) is 5.97 Å². The van der Waals surface area contributed by atoms with E-state index in [1.165, 1.54) is 12.5 Å². The quantitative estimate of drug-likeness (QED) is 0.612. The molecule has 2 heteroatoms. The lowest BCUT2D eigenvalue weighted by molar-refractivity contribution is -0.137. The van der Waals surface area contributed by atoms with Crippen LogP contribution in [-0.2, 0) is 9.53 Å². The molecule has 0 saturated heterocycles. The van der Waals surface area contributed by atoms with Crippen molar-refractivity contribution in [2.45, 2.75) is 19.3 Å². The molecule has 0 radical (unpaired) electrons. The van der Waals surface area contributed by atoms with Gasteiger partial charge in [0.05, 0.1) is 0 Å². The minimum atomic E-state index is -0.254. The molecule has 1 aliphatic carbocycles. The van der Waals surface area contributed by atoms with Crippen LogP contribution in [0.3, 0.4) is 0 Å². The van der Waals surface area contributed by atoms with Gasteiger partial charge in [0.1, 0.15) is 5.76 Å². The van der Waals surface area contributed by atoms with E-state index < -0.39 is 0 Å². The fourth-order valence-electron chi connectivity index (χ4n) is 2.67. The minimum Gasteiger partial charge on any atom is -0.431 e. The summed E-state index contributed by atoms with van der Waals surface area (Å²) in [4.78, 5) is 11.4. The van der Waals surface area contributed by atoms with Gasteiger partial charge in [-0.2, -0.15) is 0 Å². The Morgan fingerprint density at radius 1 is 1.05 bits per heavy atom. The third-order valence-electron chi connectivity index (χ3n) is 3.75. The summed E-state index contributed by atoms with van der Waals surface area (Å²) in [7, 11) is 0. The monoisotopic (exact) mass is 278 g/mol. The lowest BCUT2D eigenvalue weighted by atomic mass is 10.1. The maximum atomic E-state index is 11.4. The van der Waals surface area contributed by atoms with E-state index in [4.69, 9.17) is 4.74 Å². The zero-order chi connectivity index (χ0) is 14.7. The first-order chi connectivity index (χ1) is 10.2. The summed E-state index contributed by atoms with van der Waals surface area (Å²) >= 11 is 0. The molecule has 21 heavy (non-hydrogen) atoms. The molecule has 0 unspecified atom stereocenters. The summed E-state index contributed by atoms with van der Waals surface area (Å²) in [6, 6.07) is 20.4. The highest BCUT2D eigenvalue weighted by Crippen LogP contribution is 2.52.